The maximum atomic E-state index is 11.0. The Hall–Kier alpha value is -2.05. The molecule has 7 heteroatoms. The quantitative estimate of drug-likeness (QED) is 0.210. The Morgan fingerprint density at radius 1 is 1.40 bits per heavy atom. The first kappa shape index (κ1) is 12.9. The molecule has 0 aromatic heterocycles. The zero-order valence-corrected chi connectivity index (χ0v) is 8.54. The summed E-state index contributed by atoms with van der Waals surface area (Å²) in [7, 11) is 0. The highest BCUT2D eigenvalue weighted by Crippen LogP contribution is 1.93. The van der Waals surface area contributed by atoms with E-state index in [1.165, 1.54) is 6.92 Å². The highest BCUT2D eigenvalue weighted by atomic mass is 16.5. The molecule has 0 aromatic rings. The molecule has 0 aliphatic carbocycles. The fraction of sp³-hybridized carbons (Fsp3) is 0.375. The molecular formula is C8H15N5O2. The van der Waals surface area contributed by atoms with Crippen molar-refractivity contribution in [2.45, 2.75) is 6.92 Å². The first-order valence-corrected chi connectivity index (χ1v) is 4.14. The molecule has 0 aromatic carbocycles. The fourth-order valence-electron chi connectivity index (χ4n) is 0.723. The van der Waals surface area contributed by atoms with Crippen LogP contribution in [0.25, 0.3) is 0 Å². The Morgan fingerprint density at radius 3 is 2.20 bits per heavy atom. The van der Waals surface area contributed by atoms with Crippen LogP contribution in [0.4, 0.5) is 0 Å². The van der Waals surface area contributed by atoms with Gasteiger partial charge in [0.2, 0.25) is 0 Å². The van der Waals surface area contributed by atoms with Gasteiger partial charge in [-0.25, -0.2) is 4.79 Å². The van der Waals surface area contributed by atoms with Gasteiger partial charge in [0.25, 0.3) is 0 Å². The van der Waals surface area contributed by atoms with Crippen LogP contribution in [0.2, 0.25) is 0 Å². The topological polar surface area (TPSA) is 129 Å². The molecule has 0 unspecified atom stereocenters. The number of hydrogen-bond donors (Lipinski definition) is 4. The van der Waals surface area contributed by atoms with E-state index < -0.39 is 5.97 Å². The Kier molecular flexibility index (Phi) is 4.86. The van der Waals surface area contributed by atoms with Crippen molar-refractivity contribution in [3.63, 3.8) is 0 Å². The third-order valence-electron chi connectivity index (χ3n) is 1.48. The molecule has 0 aliphatic heterocycles. The first-order chi connectivity index (χ1) is 6.86. The number of carbonyl (C=O) groups is 1. The lowest BCUT2D eigenvalue weighted by atomic mass is 10.4. The minimum absolute atomic E-state index is 0.00907. The van der Waals surface area contributed by atoms with Crippen LogP contribution in [-0.2, 0) is 9.53 Å². The van der Waals surface area contributed by atoms with Gasteiger partial charge in [-0.3, -0.25) is 15.7 Å². The maximum absolute atomic E-state index is 11.0. The van der Waals surface area contributed by atoms with Crippen molar-refractivity contribution in [3.05, 3.63) is 12.2 Å². The van der Waals surface area contributed by atoms with Crippen molar-refractivity contribution in [2.75, 3.05) is 13.2 Å². The van der Waals surface area contributed by atoms with E-state index >= 15 is 0 Å². The fourth-order valence-corrected chi connectivity index (χ4v) is 0.723. The highest BCUT2D eigenvalue weighted by molar-refractivity contribution is 5.94. The van der Waals surface area contributed by atoms with Crippen molar-refractivity contribution in [3.8, 4) is 0 Å². The number of esters is 1. The Bertz CT molecular complexity index is 285. The van der Waals surface area contributed by atoms with E-state index in [4.69, 9.17) is 27.0 Å². The summed E-state index contributed by atoms with van der Waals surface area (Å²) in [4.78, 5) is 12.0. The Morgan fingerprint density at radius 2 is 1.87 bits per heavy atom. The Balaban J connectivity index is 4.03. The maximum Gasteiger partial charge on any atom is 0.333 e. The lowest BCUT2D eigenvalue weighted by Gasteiger charge is -2.19. The molecular weight excluding hydrogens is 198 g/mol. The molecule has 0 radical (unpaired) electrons. The minimum Gasteiger partial charge on any atom is -0.460 e. The van der Waals surface area contributed by atoms with Crippen molar-refractivity contribution < 1.29 is 9.53 Å². The van der Waals surface area contributed by atoms with E-state index in [-0.39, 0.29) is 30.6 Å². The SMILES string of the molecule is C=C(C)C(=O)OCCN(C(=N)N)C(=N)N. The molecule has 0 amide bonds. The average molecular weight is 213 g/mol. The molecule has 0 saturated carbocycles. The van der Waals surface area contributed by atoms with Crippen molar-refractivity contribution >= 4 is 17.9 Å². The van der Waals surface area contributed by atoms with Crippen LogP contribution in [0, 0.1) is 10.8 Å². The molecule has 0 atom stereocenters. The molecule has 0 saturated heterocycles. The molecule has 84 valence electrons. The number of rotatable bonds is 4. The van der Waals surface area contributed by atoms with E-state index in [1.807, 2.05) is 0 Å². The van der Waals surface area contributed by atoms with E-state index in [9.17, 15) is 4.79 Å². The molecule has 7 nitrogen and oxygen atoms in total. The molecule has 0 aliphatic rings. The second-order valence-corrected chi connectivity index (χ2v) is 2.84. The summed E-state index contributed by atoms with van der Waals surface area (Å²) in [5.74, 6) is -1.26. The van der Waals surface area contributed by atoms with E-state index in [0.717, 1.165) is 4.90 Å². The number of nitrogens with zero attached hydrogens (tertiary/aromatic N) is 1. The van der Waals surface area contributed by atoms with Crippen LogP contribution >= 0.6 is 0 Å². The van der Waals surface area contributed by atoms with Gasteiger partial charge in [0, 0.05) is 5.57 Å². The number of guanidine groups is 2. The summed E-state index contributed by atoms with van der Waals surface area (Å²) in [5.41, 5.74) is 10.6. The molecule has 0 spiro atoms. The number of nitrogens with one attached hydrogen (secondary N) is 2. The predicted octanol–water partition coefficient (Wildman–Crippen LogP) is -0.805. The third-order valence-corrected chi connectivity index (χ3v) is 1.48. The normalized spacial score (nSPS) is 9.13. The van der Waals surface area contributed by atoms with Gasteiger partial charge in [-0.15, -0.1) is 0 Å². The smallest absolute Gasteiger partial charge is 0.333 e. The number of hydrogen-bond acceptors (Lipinski definition) is 4. The summed E-state index contributed by atoms with van der Waals surface area (Å²) in [6.07, 6.45) is 0. The standard InChI is InChI=1S/C8H15N5O2/c1-5(2)6(14)15-4-3-13(7(9)10)8(11)12/h1,3-4H2,2H3,(H3,9,10)(H3,11,12). The van der Waals surface area contributed by atoms with Gasteiger partial charge in [0.05, 0.1) is 6.54 Å². The summed E-state index contributed by atoms with van der Waals surface area (Å²) in [6.45, 7) is 4.99. The summed E-state index contributed by atoms with van der Waals surface area (Å²) in [6, 6.07) is 0. The van der Waals surface area contributed by atoms with E-state index in [1.54, 1.807) is 0 Å². The van der Waals surface area contributed by atoms with Crippen LogP contribution < -0.4 is 11.5 Å². The first-order valence-electron chi connectivity index (χ1n) is 4.14. The van der Waals surface area contributed by atoms with Crippen molar-refractivity contribution in [1.82, 2.24) is 4.90 Å². The zero-order chi connectivity index (χ0) is 12.0. The predicted molar refractivity (Wildman–Crippen MR) is 56.3 cm³/mol. The average Bonchev–Trinajstić information content (AvgIpc) is 2.10. The monoisotopic (exact) mass is 213 g/mol. The van der Waals surface area contributed by atoms with Crippen LogP contribution in [-0.4, -0.2) is 35.9 Å². The number of carbonyl (C=O) groups excluding carboxylic acids is 1. The van der Waals surface area contributed by atoms with Gasteiger partial charge in [-0.05, 0) is 6.92 Å². The third kappa shape index (κ3) is 4.65. The molecule has 15 heavy (non-hydrogen) atoms. The van der Waals surface area contributed by atoms with Gasteiger partial charge in [0.1, 0.15) is 6.61 Å². The molecule has 6 N–H and O–H groups in total. The van der Waals surface area contributed by atoms with Gasteiger partial charge >= 0.3 is 5.97 Å². The van der Waals surface area contributed by atoms with Crippen LogP contribution in [0.15, 0.2) is 12.2 Å². The van der Waals surface area contributed by atoms with Gasteiger partial charge in [-0.1, -0.05) is 6.58 Å². The summed E-state index contributed by atoms with van der Waals surface area (Å²) < 4.78 is 4.75. The molecule has 0 rings (SSSR count). The highest BCUT2D eigenvalue weighted by Gasteiger charge is 2.10. The van der Waals surface area contributed by atoms with Gasteiger partial charge in [-0.2, -0.15) is 0 Å². The summed E-state index contributed by atoms with van der Waals surface area (Å²) in [5, 5.41) is 14.2. The molecule has 0 bridgehead atoms. The minimum atomic E-state index is -0.526. The van der Waals surface area contributed by atoms with Gasteiger partial charge in [0.15, 0.2) is 11.9 Å². The second kappa shape index (κ2) is 5.63. The van der Waals surface area contributed by atoms with Crippen LogP contribution in [0.5, 0.6) is 0 Å². The summed E-state index contributed by atoms with van der Waals surface area (Å²) >= 11 is 0. The molecule has 0 heterocycles. The van der Waals surface area contributed by atoms with Gasteiger partial charge < -0.3 is 16.2 Å². The largest absolute Gasteiger partial charge is 0.460 e. The molecule has 0 fully saturated rings. The van der Waals surface area contributed by atoms with Crippen LogP contribution in [0.3, 0.4) is 0 Å². The van der Waals surface area contributed by atoms with Crippen molar-refractivity contribution in [2.24, 2.45) is 11.5 Å². The number of ether oxygens (including phenoxy) is 1. The van der Waals surface area contributed by atoms with E-state index in [2.05, 4.69) is 6.58 Å². The zero-order valence-electron chi connectivity index (χ0n) is 8.54. The van der Waals surface area contributed by atoms with Crippen molar-refractivity contribution in [1.29, 1.82) is 10.8 Å². The lowest BCUT2D eigenvalue weighted by molar-refractivity contribution is -0.138. The Labute approximate surface area is 87.7 Å². The number of nitrogens with two attached hydrogens (primary N) is 2. The lowest BCUT2D eigenvalue weighted by Crippen LogP contribution is -2.46. The van der Waals surface area contributed by atoms with Crippen LogP contribution in [0.1, 0.15) is 6.92 Å². The van der Waals surface area contributed by atoms with E-state index in [0.29, 0.717) is 0 Å². The second-order valence-electron chi connectivity index (χ2n) is 2.84.